The van der Waals surface area contributed by atoms with Gasteiger partial charge in [-0.25, -0.2) is 9.78 Å². The van der Waals surface area contributed by atoms with Crippen LogP contribution in [0, 0.1) is 5.92 Å². The summed E-state index contributed by atoms with van der Waals surface area (Å²) in [4.78, 5) is 37.3. The van der Waals surface area contributed by atoms with Gasteiger partial charge >= 0.3 is 12.1 Å². The van der Waals surface area contributed by atoms with Crippen LogP contribution in [0.1, 0.15) is 47.5 Å². The van der Waals surface area contributed by atoms with Gasteiger partial charge in [0.05, 0.1) is 24.8 Å². The molecule has 0 aromatic carbocycles. The maximum Gasteiger partial charge on any atom is 0.413 e. The van der Waals surface area contributed by atoms with Crippen molar-refractivity contribution in [2.45, 2.75) is 64.8 Å². The molecule has 166 valence electrons. The maximum absolute atomic E-state index is 12.7. The zero-order chi connectivity index (χ0) is 21.9. The zero-order valence-corrected chi connectivity index (χ0v) is 18.5. The number of amides is 1. The number of esters is 1. The van der Waals surface area contributed by atoms with Crippen LogP contribution in [-0.4, -0.2) is 70.6 Å². The molecule has 9 heteroatoms. The van der Waals surface area contributed by atoms with Gasteiger partial charge in [-0.05, 0) is 47.5 Å². The fourth-order valence-corrected chi connectivity index (χ4v) is 3.78. The highest BCUT2D eigenvalue weighted by Gasteiger charge is 2.46. The van der Waals surface area contributed by atoms with Gasteiger partial charge in [0, 0.05) is 25.5 Å². The summed E-state index contributed by atoms with van der Waals surface area (Å²) in [5, 5.41) is 0. The lowest BCUT2D eigenvalue weighted by atomic mass is 9.97. The number of nitrogens with zero attached hydrogens (tertiary/aromatic N) is 4. The molecule has 9 nitrogen and oxygen atoms in total. The first-order chi connectivity index (χ1) is 14.1. The van der Waals surface area contributed by atoms with E-state index in [1.165, 1.54) is 4.90 Å². The first-order valence-corrected chi connectivity index (χ1v) is 10.4. The molecule has 2 saturated heterocycles. The lowest BCUT2D eigenvalue weighted by Crippen LogP contribution is -2.51. The van der Waals surface area contributed by atoms with E-state index in [-0.39, 0.29) is 24.5 Å². The minimum atomic E-state index is -0.818. The number of carbonyl (C=O) groups excluding carboxylic acids is 2. The summed E-state index contributed by atoms with van der Waals surface area (Å²) in [7, 11) is 0. The van der Waals surface area contributed by atoms with Crippen molar-refractivity contribution in [3.05, 3.63) is 18.6 Å². The Hall–Kier alpha value is -2.42. The van der Waals surface area contributed by atoms with Crippen LogP contribution in [0.3, 0.4) is 0 Å². The number of aromatic nitrogens is 2. The summed E-state index contributed by atoms with van der Waals surface area (Å²) in [6.45, 7) is 10.9. The Bertz CT molecular complexity index is 742. The van der Waals surface area contributed by atoms with E-state index in [1.807, 2.05) is 20.8 Å². The topological polar surface area (TPSA) is 94.1 Å². The highest BCUT2D eigenvalue weighted by atomic mass is 16.6. The van der Waals surface area contributed by atoms with Gasteiger partial charge in [-0.15, -0.1) is 0 Å². The zero-order valence-electron chi connectivity index (χ0n) is 18.5. The molecule has 0 unspecified atom stereocenters. The SMILES string of the molecule is CC(C)(C)OC(=O)N1[C@H](COC(=O)C2CCN(c3cnccn3)CC2)COC1(C)C. The number of rotatable bonds is 4. The Labute approximate surface area is 177 Å². The summed E-state index contributed by atoms with van der Waals surface area (Å²) in [6.07, 6.45) is 5.95. The second kappa shape index (κ2) is 8.75. The van der Waals surface area contributed by atoms with Gasteiger partial charge < -0.3 is 19.1 Å². The van der Waals surface area contributed by atoms with E-state index in [0.29, 0.717) is 19.4 Å². The molecule has 0 N–H and O–H groups in total. The second-order valence-electron chi connectivity index (χ2n) is 9.22. The third-order valence-corrected chi connectivity index (χ3v) is 5.28. The van der Waals surface area contributed by atoms with E-state index < -0.39 is 17.4 Å². The molecule has 0 aliphatic carbocycles. The summed E-state index contributed by atoms with van der Waals surface area (Å²) in [6, 6.07) is -0.376. The first-order valence-electron chi connectivity index (χ1n) is 10.4. The number of piperidine rings is 1. The lowest BCUT2D eigenvalue weighted by Gasteiger charge is -2.35. The molecule has 2 aliphatic rings. The van der Waals surface area contributed by atoms with E-state index >= 15 is 0 Å². The van der Waals surface area contributed by atoms with Crippen molar-refractivity contribution >= 4 is 17.9 Å². The summed E-state index contributed by atoms with van der Waals surface area (Å²) in [5.74, 6) is 0.425. The third-order valence-electron chi connectivity index (χ3n) is 5.28. The van der Waals surface area contributed by atoms with Gasteiger partial charge in [0.2, 0.25) is 0 Å². The molecule has 0 saturated carbocycles. The molecule has 0 spiro atoms. The van der Waals surface area contributed by atoms with E-state index in [4.69, 9.17) is 14.2 Å². The van der Waals surface area contributed by atoms with Crippen LogP contribution in [0.15, 0.2) is 18.6 Å². The van der Waals surface area contributed by atoms with Gasteiger partial charge in [-0.1, -0.05) is 0 Å². The average molecular weight is 421 g/mol. The predicted molar refractivity (Wildman–Crippen MR) is 110 cm³/mol. The van der Waals surface area contributed by atoms with Gasteiger partial charge in [-0.2, -0.15) is 0 Å². The predicted octanol–water partition coefficient (Wildman–Crippen LogP) is 2.61. The van der Waals surface area contributed by atoms with Gasteiger partial charge in [0.25, 0.3) is 0 Å². The van der Waals surface area contributed by atoms with Gasteiger partial charge in [0.15, 0.2) is 0 Å². The Morgan fingerprint density at radius 1 is 1.23 bits per heavy atom. The average Bonchev–Trinajstić information content (AvgIpc) is 3.00. The van der Waals surface area contributed by atoms with Crippen molar-refractivity contribution in [2.24, 2.45) is 5.92 Å². The van der Waals surface area contributed by atoms with E-state index in [9.17, 15) is 9.59 Å². The maximum atomic E-state index is 12.7. The molecule has 1 amide bonds. The van der Waals surface area contributed by atoms with Gasteiger partial charge in [0.1, 0.15) is 23.8 Å². The molecular formula is C21H32N4O5. The molecule has 1 atom stereocenters. The Kier molecular flexibility index (Phi) is 6.50. The van der Waals surface area contributed by atoms with Gasteiger partial charge in [-0.3, -0.25) is 14.7 Å². The minimum Gasteiger partial charge on any atom is -0.463 e. The minimum absolute atomic E-state index is 0.0892. The molecule has 2 aliphatic heterocycles. The van der Waals surface area contributed by atoms with Crippen molar-refractivity contribution in [2.75, 3.05) is 31.2 Å². The van der Waals surface area contributed by atoms with Crippen LogP contribution in [-0.2, 0) is 19.0 Å². The largest absolute Gasteiger partial charge is 0.463 e. The standard InChI is InChI=1S/C21H32N4O5/c1-20(2,3)30-19(27)25-16(14-29-21(25,4)5)13-28-18(26)15-6-10-24(11-7-15)17-12-22-8-9-23-17/h8-9,12,15-16H,6-7,10-11,13-14H2,1-5H3/t16-/m1/s1. The van der Waals surface area contributed by atoms with Crippen molar-refractivity contribution in [1.82, 2.24) is 14.9 Å². The van der Waals surface area contributed by atoms with Crippen LogP contribution in [0.2, 0.25) is 0 Å². The first kappa shape index (κ1) is 22.3. The molecule has 1 aromatic heterocycles. The molecule has 0 radical (unpaired) electrons. The molecular weight excluding hydrogens is 388 g/mol. The second-order valence-corrected chi connectivity index (χ2v) is 9.22. The van der Waals surface area contributed by atoms with E-state index in [1.54, 1.807) is 32.4 Å². The Balaban J connectivity index is 1.52. The fourth-order valence-electron chi connectivity index (χ4n) is 3.78. The Morgan fingerprint density at radius 2 is 1.93 bits per heavy atom. The normalized spacial score (nSPS) is 22.1. The molecule has 3 rings (SSSR count). The lowest BCUT2D eigenvalue weighted by molar-refractivity contribution is -0.151. The molecule has 0 bridgehead atoms. The monoisotopic (exact) mass is 420 g/mol. The number of hydrogen-bond acceptors (Lipinski definition) is 8. The van der Waals surface area contributed by atoms with Crippen molar-refractivity contribution in [1.29, 1.82) is 0 Å². The number of anilines is 1. The molecule has 30 heavy (non-hydrogen) atoms. The van der Waals surface area contributed by atoms with Crippen molar-refractivity contribution in [3.63, 3.8) is 0 Å². The number of carbonyl (C=O) groups is 2. The third kappa shape index (κ3) is 5.38. The number of hydrogen-bond donors (Lipinski definition) is 0. The van der Waals surface area contributed by atoms with E-state index in [0.717, 1.165) is 18.9 Å². The summed E-state index contributed by atoms with van der Waals surface area (Å²) in [5.41, 5.74) is -1.43. The molecule has 3 heterocycles. The van der Waals surface area contributed by atoms with Crippen LogP contribution in [0.4, 0.5) is 10.6 Å². The highest BCUT2D eigenvalue weighted by molar-refractivity contribution is 5.73. The quantitative estimate of drug-likeness (QED) is 0.686. The summed E-state index contributed by atoms with van der Waals surface area (Å²) < 4.78 is 16.9. The Morgan fingerprint density at radius 3 is 2.53 bits per heavy atom. The van der Waals surface area contributed by atoms with E-state index in [2.05, 4.69) is 14.9 Å². The fraction of sp³-hybridized carbons (Fsp3) is 0.714. The van der Waals surface area contributed by atoms with Crippen molar-refractivity contribution in [3.8, 4) is 0 Å². The summed E-state index contributed by atoms with van der Waals surface area (Å²) >= 11 is 0. The van der Waals surface area contributed by atoms with Crippen LogP contribution in [0.25, 0.3) is 0 Å². The molecule has 2 fully saturated rings. The van der Waals surface area contributed by atoms with Crippen LogP contribution in [0.5, 0.6) is 0 Å². The van der Waals surface area contributed by atoms with Crippen LogP contribution < -0.4 is 4.90 Å². The number of ether oxygens (including phenoxy) is 3. The van der Waals surface area contributed by atoms with Crippen LogP contribution >= 0.6 is 0 Å². The molecule has 1 aromatic rings. The smallest absolute Gasteiger partial charge is 0.413 e. The van der Waals surface area contributed by atoms with Crippen molar-refractivity contribution < 1.29 is 23.8 Å². The highest BCUT2D eigenvalue weighted by Crippen LogP contribution is 2.30.